The van der Waals surface area contributed by atoms with E-state index < -0.39 is 0 Å². The van der Waals surface area contributed by atoms with Gasteiger partial charge in [0.25, 0.3) is 0 Å². The molecule has 0 saturated carbocycles. The Morgan fingerprint density at radius 3 is 2.76 bits per heavy atom. The van der Waals surface area contributed by atoms with Gasteiger partial charge in [0.1, 0.15) is 11.8 Å². The second kappa shape index (κ2) is 4.84. The Morgan fingerprint density at radius 2 is 2.06 bits per heavy atom. The van der Waals surface area contributed by atoms with Crippen LogP contribution in [0.5, 0.6) is 0 Å². The Bertz CT molecular complexity index is 561. The number of aromatic nitrogens is 2. The Kier molecular flexibility index (Phi) is 3.24. The van der Waals surface area contributed by atoms with Crippen LogP contribution in [0, 0.1) is 18.3 Å². The van der Waals surface area contributed by atoms with Gasteiger partial charge in [-0.05, 0) is 30.9 Å². The molecule has 0 spiro atoms. The van der Waals surface area contributed by atoms with Crippen molar-refractivity contribution in [2.75, 3.05) is 0 Å². The van der Waals surface area contributed by atoms with E-state index >= 15 is 0 Å². The number of benzene rings is 1. The van der Waals surface area contributed by atoms with E-state index in [4.69, 9.17) is 5.26 Å². The Balaban J connectivity index is 2.13. The summed E-state index contributed by atoms with van der Waals surface area (Å²) >= 11 is 0. The van der Waals surface area contributed by atoms with Crippen LogP contribution in [0.2, 0.25) is 0 Å². The van der Waals surface area contributed by atoms with Gasteiger partial charge in [-0.15, -0.1) is 0 Å². The van der Waals surface area contributed by atoms with Gasteiger partial charge in [-0.25, -0.2) is 4.98 Å². The van der Waals surface area contributed by atoms with Gasteiger partial charge in [-0.3, -0.25) is 0 Å². The molecule has 1 aromatic carbocycles. The summed E-state index contributed by atoms with van der Waals surface area (Å²) in [4.78, 5) is 4.27. The molecule has 0 aliphatic carbocycles. The van der Waals surface area contributed by atoms with Gasteiger partial charge < -0.3 is 4.57 Å². The first-order chi connectivity index (χ1) is 8.22. The average Bonchev–Trinajstić information content (AvgIpc) is 2.69. The third kappa shape index (κ3) is 2.36. The van der Waals surface area contributed by atoms with E-state index in [1.807, 2.05) is 19.2 Å². The van der Waals surface area contributed by atoms with Gasteiger partial charge in [-0.1, -0.05) is 24.3 Å². The molecule has 0 fully saturated rings. The normalized spacial score (nSPS) is 10.2. The van der Waals surface area contributed by atoms with E-state index in [9.17, 15) is 0 Å². The molecule has 0 amide bonds. The molecule has 0 bridgehead atoms. The van der Waals surface area contributed by atoms with Gasteiger partial charge in [0.15, 0.2) is 0 Å². The molecule has 0 aliphatic rings. The molecular weight excluding hydrogens is 210 g/mol. The second-order valence-electron chi connectivity index (χ2n) is 4.19. The highest BCUT2D eigenvalue weighted by molar-refractivity contribution is 5.30. The fraction of sp³-hybridized carbons (Fsp3) is 0.286. The highest BCUT2D eigenvalue weighted by Crippen LogP contribution is 2.12. The van der Waals surface area contributed by atoms with Crippen molar-refractivity contribution in [3.05, 3.63) is 53.1 Å². The van der Waals surface area contributed by atoms with Gasteiger partial charge in [0.05, 0.1) is 12.0 Å². The van der Waals surface area contributed by atoms with Crippen LogP contribution in [0.1, 0.15) is 22.5 Å². The summed E-state index contributed by atoms with van der Waals surface area (Å²) < 4.78 is 1.77. The maximum atomic E-state index is 9.03. The summed E-state index contributed by atoms with van der Waals surface area (Å²) in [6, 6.07) is 10.5. The largest absolute Gasteiger partial charge is 0.325 e. The molecule has 1 aromatic heterocycles. The molecule has 3 heteroatoms. The maximum absolute atomic E-state index is 9.03. The number of nitriles is 1. The second-order valence-corrected chi connectivity index (χ2v) is 4.19. The van der Waals surface area contributed by atoms with Crippen molar-refractivity contribution in [1.82, 2.24) is 9.55 Å². The van der Waals surface area contributed by atoms with Crippen molar-refractivity contribution < 1.29 is 0 Å². The number of nitrogens with zero attached hydrogens (tertiary/aromatic N) is 3. The number of hydrogen-bond donors (Lipinski definition) is 0. The lowest BCUT2D eigenvalue weighted by molar-refractivity contribution is 0.882. The lowest BCUT2D eigenvalue weighted by atomic mass is 10.0. The van der Waals surface area contributed by atoms with Crippen molar-refractivity contribution in [2.45, 2.75) is 19.8 Å². The third-order valence-electron chi connectivity index (χ3n) is 3.01. The van der Waals surface area contributed by atoms with Crippen molar-refractivity contribution in [1.29, 1.82) is 5.26 Å². The van der Waals surface area contributed by atoms with Crippen molar-refractivity contribution in [2.24, 2.45) is 7.05 Å². The molecule has 17 heavy (non-hydrogen) atoms. The predicted molar refractivity (Wildman–Crippen MR) is 66.5 cm³/mol. The minimum absolute atomic E-state index is 0.665. The molecule has 1 heterocycles. The van der Waals surface area contributed by atoms with Gasteiger partial charge in [0.2, 0.25) is 0 Å². The van der Waals surface area contributed by atoms with Crippen molar-refractivity contribution in [3.63, 3.8) is 0 Å². The Hall–Kier alpha value is -2.08. The quantitative estimate of drug-likeness (QED) is 0.804. The fourth-order valence-corrected chi connectivity index (χ4v) is 1.95. The average molecular weight is 225 g/mol. The van der Waals surface area contributed by atoms with Gasteiger partial charge >= 0.3 is 0 Å². The van der Waals surface area contributed by atoms with Crippen LogP contribution in [0.3, 0.4) is 0 Å². The molecule has 0 radical (unpaired) electrons. The first-order valence-electron chi connectivity index (χ1n) is 5.67. The number of hydrogen-bond acceptors (Lipinski definition) is 2. The van der Waals surface area contributed by atoms with E-state index in [2.05, 4.69) is 30.1 Å². The molecule has 0 atom stereocenters. The van der Waals surface area contributed by atoms with E-state index in [1.165, 1.54) is 11.1 Å². The first-order valence-corrected chi connectivity index (χ1v) is 5.67. The first kappa shape index (κ1) is 11.4. The summed E-state index contributed by atoms with van der Waals surface area (Å²) in [5.41, 5.74) is 4.17. The van der Waals surface area contributed by atoms with Gasteiger partial charge in [-0.2, -0.15) is 5.26 Å². The van der Waals surface area contributed by atoms with E-state index in [0.29, 0.717) is 5.69 Å². The summed E-state index contributed by atoms with van der Waals surface area (Å²) in [6.07, 6.45) is 3.44. The van der Waals surface area contributed by atoms with Crippen LogP contribution in [-0.2, 0) is 19.9 Å². The monoisotopic (exact) mass is 225 g/mol. The molecule has 0 N–H and O–H groups in total. The minimum Gasteiger partial charge on any atom is -0.325 e. The van der Waals surface area contributed by atoms with E-state index in [0.717, 1.165) is 18.5 Å². The SMILES string of the molecule is Cc1ccccc1CCc1ncn(C)c1C#N. The highest BCUT2D eigenvalue weighted by Gasteiger charge is 2.08. The number of imidazole rings is 1. The predicted octanol–water partition coefficient (Wildman–Crippen LogP) is 2.39. The van der Waals surface area contributed by atoms with Crippen molar-refractivity contribution >= 4 is 0 Å². The van der Waals surface area contributed by atoms with Crippen LogP contribution in [0.4, 0.5) is 0 Å². The Morgan fingerprint density at radius 1 is 1.29 bits per heavy atom. The molecule has 2 aromatic rings. The highest BCUT2D eigenvalue weighted by atomic mass is 15.0. The van der Waals surface area contributed by atoms with Crippen LogP contribution in [0.15, 0.2) is 30.6 Å². The number of rotatable bonds is 3. The minimum atomic E-state index is 0.665. The zero-order valence-corrected chi connectivity index (χ0v) is 10.1. The topological polar surface area (TPSA) is 41.6 Å². The summed E-state index contributed by atoms with van der Waals surface area (Å²) in [5, 5.41) is 9.03. The molecular formula is C14H15N3. The van der Waals surface area contributed by atoms with E-state index in [-0.39, 0.29) is 0 Å². The van der Waals surface area contributed by atoms with Gasteiger partial charge in [0, 0.05) is 7.05 Å². The smallest absolute Gasteiger partial charge is 0.142 e. The molecule has 0 aliphatic heterocycles. The fourth-order valence-electron chi connectivity index (χ4n) is 1.95. The van der Waals surface area contributed by atoms with E-state index in [1.54, 1.807) is 10.9 Å². The summed E-state index contributed by atoms with van der Waals surface area (Å²) in [6.45, 7) is 2.11. The zero-order chi connectivity index (χ0) is 12.3. The van der Waals surface area contributed by atoms with Crippen LogP contribution in [0.25, 0.3) is 0 Å². The molecule has 86 valence electrons. The zero-order valence-electron chi connectivity index (χ0n) is 10.1. The molecule has 2 rings (SSSR count). The molecule has 3 nitrogen and oxygen atoms in total. The third-order valence-corrected chi connectivity index (χ3v) is 3.01. The Labute approximate surface area is 101 Å². The number of aryl methyl sites for hydroxylation is 4. The van der Waals surface area contributed by atoms with Crippen LogP contribution < -0.4 is 0 Å². The summed E-state index contributed by atoms with van der Waals surface area (Å²) in [7, 11) is 1.85. The van der Waals surface area contributed by atoms with Crippen molar-refractivity contribution in [3.8, 4) is 6.07 Å². The summed E-state index contributed by atoms with van der Waals surface area (Å²) in [5.74, 6) is 0. The van der Waals surface area contributed by atoms with Crippen LogP contribution in [-0.4, -0.2) is 9.55 Å². The molecule has 0 unspecified atom stereocenters. The standard InChI is InChI=1S/C14H15N3/c1-11-5-3-4-6-12(11)7-8-13-14(9-15)17(2)10-16-13/h3-6,10H,7-8H2,1-2H3. The molecule has 0 saturated heterocycles. The van der Waals surface area contributed by atoms with Crippen LogP contribution >= 0.6 is 0 Å². The maximum Gasteiger partial charge on any atom is 0.142 e. The lowest BCUT2D eigenvalue weighted by Gasteiger charge is -2.04. The lowest BCUT2D eigenvalue weighted by Crippen LogP contribution is -1.98.